The van der Waals surface area contributed by atoms with Crippen LogP contribution in [0.4, 0.5) is 0 Å². The Hall–Kier alpha value is -1.96. The lowest BCUT2D eigenvalue weighted by molar-refractivity contribution is 0.281. The van der Waals surface area contributed by atoms with Crippen LogP contribution in [0.3, 0.4) is 0 Å². The van der Waals surface area contributed by atoms with Gasteiger partial charge in [0.05, 0.1) is 0 Å². The zero-order chi connectivity index (χ0) is 18.0. The summed E-state index contributed by atoms with van der Waals surface area (Å²) in [6.07, 6.45) is 0. The number of benzene rings is 2. The van der Waals surface area contributed by atoms with E-state index in [0.29, 0.717) is 17.4 Å². The first-order valence-corrected chi connectivity index (χ1v) is 8.67. The normalized spacial score (nSPS) is 24.9. The van der Waals surface area contributed by atoms with Crippen molar-refractivity contribution < 1.29 is 10.2 Å². The molecular formula is C22H28O2. The van der Waals surface area contributed by atoms with E-state index in [0.717, 1.165) is 16.7 Å². The molecule has 1 aliphatic carbocycles. The van der Waals surface area contributed by atoms with Gasteiger partial charge in [-0.05, 0) is 71.6 Å². The molecule has 2 heteroatoms. The number of rotatable bonds is 1. The first-order valence-electron chi connectivity index (χ1n) is 8.67. The van der Waals surface area contributed by atoms with Gasteiger partial charge >= 0.3 is 0 Å². The molecule has 0 aromatic heterocycles. The summed E-state index contributed by atoms with van der Waals surface area (Å²) in [6, 6.07) is 8.14. The minimum atomic E-state index is -0.152. The quantitative estimate of drug-likeness (QED) is 0.751. The maximum atomic E-state index is 10.2. The van der Waals surface area contributed by atoms with Crippen molar-refractivity contribution >= 4 is 0 Å². The predicted octanol–water partition coefficient (Wildman–Crippen LogP) is 5.26. The molecule has 2 unspecified atom stereocenters. The van der Waals surface area contributed by atoms with Gasteiger partial charge in [0.2, 0.25) is 0 Å². The average molecular weight is 324 g/mol. The van der Waals surface area contributed by atoms with Crippen molar-refractivity contribution in [1.29, 1.82) is 0 Å². The molecule has 2 atom stereocenters. The molecule has 2 N–H and O–H groups in total. The van der Waals surface area contributed by atoms with Gasteiger partial charge in [0, 0.05) is 5.41 Å². The van der Waals surface area contributed by atoms with Gasteiger partial charge in [0.15, 0.2) is 0 Å². The third-order valence-corrected chi connectivity index (χ3v) is 6.68. The van der Waals surface area contributed by atoms with Crippen LogP contribution in [-0.2, 0) is 10.8 Å². The van der Waals surface area contributed by atoms with Crippen LogP contribution >= 0.6 is 0 Å². The van der Waals surface area contributed by atoms with Crippen molar-refractivity contribution in [2.45, 2.75) is 59.3 Å². The van der Waals surface area contributed by atoms with Crippen LogP contribution in [0.15, 0.2) is 24.3 Å². The van der Waals surface area contributed by atoms with Crippen molar-refractivity contribution in [1.82, 2.24) is 0 Å². The van der Waals surface area contributed by atoms with Crippen molar-refractivity contribution in [3.05, 3.63) is 57.6 Å². The molecule has 3 rings (SSSR count). The first kappa shape index (κ1) is 16.9. The summed E-state index contributed by atoms with van der Waals surface area (Å²) in [4.78, 5) is 0. The number of aromatic hydroxyl groups is 2. The van der Waals surface area contributed by atoms with Gasteiger partial charge in [0.25, 0.3) is 0 Å². The van der Waals surface area contributed by atoms with E-state index in [1.54, 1.807) is 0 Å². The fraction of sp³-hybridized carbons (Fsp3) is 0.455. The molecule has 0 spiro atoms. The smallest absolute Gasteiger partial charge is 0.121 e. The van der Waals surface area contributed by atoms with E-state index in [1.165, 1.54) is 16.7 Å². The second kappa shape index (κ2) is 5.02. The largest absolute Gasteiger partial charge is 0.508 e. The molecule has 0 aliphatic heterocycles. The van der Waals surface area contributed by atoms with E-state index in [4.69, 9.17) is 0 Å². The van der Waals surface area contributed by atoms with Crippen molar-refractivity contribution in [3.63, 3.8) is 0 Å². The van der Waals surface area contributed by atoms with Crippen LogP contribution in [0.1, 0.15) is 61.1 Å². The fourth-order valence-corrected chi connectivity index (χ4v) is 4.80. The lowest BCUT2D eigenvalue weighted by Crippen LogP contribution is -2.34. The van der Waals surface area contributed by atoms with Crippen LogP contribution in [0.25, 0.3) is 0 Å². The van der Waals surface area contributed by atoms with Gasteiger partial charge in [-0.15, -0.1) is 0 Å². The van der Waals surface area contributed by atoms with Gasteiger partial charge < -0.3 is 10.2 Å². The molecule has 2 aromatic rings. The van der Waals surface area contributed by atoms with E-state index >= 15 is 0 Å². The highest BCUT2D eigenvalue weighted by Crippen LogP contribution is 2.58. The number of fused-ring (bicyclic) bond motifs is 1. The first-order chi connectivity index (χ1) is 11.0. The number of phenolic OH excluding ortho intramolecular Hbond substituents is 2. The highest BCUT2D eigenvalue weighted by atomic mass is 16.3. The van der Waals surface area contributed by atoms with E-state index < -0.39 is 0 Å². The highest BCUT2D eigenvalue weighted by molar-refractivity contribution is 5.60. The Labute approximate surface area is 145 Å². The van der Waals surface area contributed by atoms with Crippen LogP contribution in [0.2, 0.25) is 0 Å². The summed E-state index contributed by atoms with van der Waals surface area (Å²) >= 11 is 0. The zero-order valence-corrected chi connectivity index (χ0v) is 15.8. The summed E-state index contributed by atoms with van der Waals surface area (Å²) in [7, 11) is 0. The lowest BCUT2D eigenvalue weighted by atomic mass is 9.66. The second-order valence-electron chi connectivity index (χ2n) is 8.24. The minimum absolute atomic E-state index is 0.0351. The standard InChI is InChI=1S/C22H28O2/c1-12-10-16(11-13(2)20(12)24)22(7)15(4)21(5,6)19-14(3)18(23)9-8-17(19)22/h8-11,15,23-24H,1-7H3. The van der Waals surface area contributed by atoms with Gasteiger partial charge in [-0.2, -0.15) is 0 Å². The molecule has 24 heavy (non-hydrogen) atoms. The Morgan fingerprint density at radius 2 is 1.46 bits per heavy atom. The molecule has 128 valence electrons. The number of aryl methyl sites for hydroxylation is 2. The number of phenols is 2. The molecule has 2 aromatic carbocycles. The molecule has 0 fully saturated rings. The molecule has 0 amide bonds. The molecule has 2 nitrogen and oxygen atoms in total. The topological polar surface area (TPSA) is 40.5 Å². The third kappa shape index (κ3) is 1.95. The Balaban J connectivity index is 2.36. The maximum absolute atomic E-state index is 10.2. The molecular weight excluding hydrogens is 296 g/mol. The van der Waals surface area contributed by atoms with Crippen molar-refractivity contribution in [2.75, 3.05) is 0 Å². The zero-order valence-electron chi connectivity index (χ0n) is 15.8. The van der Waals surface area contributed by atoms with Crippen LogP contribution < -0.4 is 0 Å². The summed E-state index contributed by atoms with van der Waals surface area (Å²) in [6.45, 7) is 15.1. The SMILES string of the molecule is Cc1cc(C2(C)c3ccc(O)c(C)c3C(C)(C)C2C)cc(C)c1O. The van der Waals surface area contributed by atoms with E-state index in [9.17, 15) is 10.2 Å². The molecule has 0 saturated carbocycles. The average Bonchev–Trinajstić information content (AvgIpc) is 2.67. The molecule has 0 bridgehead atoms. The number of hydrogen-bond donors (Lipinski definition) is 2. The van der Waals surface area contributed by atoms with Crippen LogP contribution in [-0.4, -0.2) is 10.2 Å². The van der Waals surface area contributed by atoms with E-state index in [-0.39, 0.29) is 10.8 Å². The van der Waals surface area contributed by atoms with E-state index in [2.05, 4.69) is 45.9 Å². The molecule has 1 aliphatic rings. The predicted molar refractivity (Wildman–Crippen MR) is 99.1 cm³/mol. The Morgan fingerprint density at radius 3 is 2.00 bits per heavy atom. The Kier molecular flexibility index (Phi) is 3.53. The summed E-state index contributed by atoms with van der Waals surface area (Å²) < 4.78 is 0. The Morgan fingerprint density at radius 1 is 0.917 bits per heavy atom. The summed E-state index contributed by atoms with van der Waals surface area (Å²) in [5.41, 5.74) is 6.42. The Bertz CT molecular complexity index is 809. The maximum Gasteiger partial charge on any atom is 0.121 e. The highest BCUT2D eigenvalue weighted by Gasteiger charge is 2.53. The third-order valence-electron chi connectivity index (χ3n) is 6.68. The van der Waals surface area contributed by atoms with Gasteiger partial charge in [-0.1, -0.05) is 45.9 Å². The molecule has 0 radical (unpaired) electrons. The monoisotopic (exact) mass is 324 g/mol. The van der Waals surface area contributed by atoms with Crippen molar-refractivity contribution in [2.24, 2.45) is 5.92 Å². The van der Waals surface area contributed by atoms with Gasteiger partial charge in [-0.25, -0.2) is 0 Å². The molecule has 0 saturated heterocycles. The lowest BCUT2D eigenvalue weighted by Gasteiger charge is -2.37. The van der Waals surface area contributed by atoms with Crippen LogP contribution in [0, 0.1) is 26.7 Å². The second-order valence-corrected chi connectivity index (χ2v) is 8.24. The van der Waals surface area contributed by atoms with Crippen molar-refractivity contribution in [3.8, 4) is 11.5 Å². The number of hydrogen-bond acceptors (Lipinski definition) is 2. The minimum Gasteiger partial charge on any atom is -0.508 e. The van der Waals surface area contributed by atoms with Gasteiger partial charge in [0.1, 0.15) is 11.5 Å². The summed E-state index contributed by atoms with van der Waals surface area (Å²) in [5.74, 6) is 1.12. The fourth-order valence-electron chi connectivity index (χ4n) is 4.80. The van der Waals surface area contributed by atoms with E-state index in [1.807, 2.05) is 26.8 Å². The van der Waals surface area contributed by atoms with Gasteiger partial charge in [-0.3, -0.25) is 0 Å². The summed E-state index contributed by atoms with van der Waals surface area (Å²) in [5, 5.41) is 20.4. The van der Waals surface area contributed by atoms with Crippen LogP contribution in [0.5, 0.6) is 11.5 Å². The molecule has 0 heterocycles.